The van der Waals surface area contributed by atoms with Gasteiger partial charge in [-0.3, -0.25) is 4.79 Å². The minimum Gasteiger partial charge on any atom is -0.344 e. The minimum absolute atomic E-state index is 0.0700. The Hall–Kier alpha value is -1.77. The first kappa shape index (κ1) is 13.7. The Morgan fingerprint density at radius 3 is 2.95 bits per heavy atom. The first-order valence-electron chi connectivity index (χ1n) is 5.63. The summed E-state index contributed by atoms with van der Waals surface area (Å²) in [5, 5.41) is 4.62. The second-order valence-electron chi connectivity index (χ2n) is 3.63. The third-order valence-electron chi connectivity index (χ3n) is 2.27. The second kappa shape index (κ2) is 6.98. The molecule has 0 bridgehead atoms. The van der Waals surface area contributed by atoms with E-state index in [4.69, 9.17) is 6.42 Å². The van der Waals surface area contributed by atoms with Crippen LogP contribution in [0.2, 0.25) is 0 Å². The summed E-state index contributed by atoms with van der Waals surface area (Å²) in [4.78, 5) is 15.9. The van der Waals surface area contributed by atoms with Crippen molar-refractivity contribution in [3.05, 3.63) is 35.7 Å². The predicted molar refractivity (Wildman–Crippen MR) is 80.1 cm³/mol. The van der Waals surface area contributed by atoms with E-state index in [2.05, 4.69) is 16.2 Å². The molecule has 1 heterocycles. The van der Waals surface area contributed by atoms with Crippen molar-refractivity contribution in [2.75, 3.05) is 12.3 Å². The number of carbonyl (C=O) groups excluding carboxylic acids is 1. The monoisotopic (exact) mass is 288 g/mol. The van der Waals surface area contributed by atoms with Crippen LogP contribution in [-0.2, 0) is 4.79 Å². The number of nitrogens with zero attached hydrogens (tertiary/aromatic N) is 1. The number of benzene rings is 1. The zero-order valence-corrected chi connectivity index (χ0v) is 11.8. The normalized spacial score (nSPS) is 9.84. The van der Waals surface area contributed by atoms with Gasteiger partial charge in [0, 0.05) is 10.9 Å². The number of nitrogens with one attached hydrogen (secondary N) is 1. The average molecular weight is 288 g/mol. The van der Waals surface area contributed by atoms with Gasteiger partial charge >= 0.3 is 0 Å². The summed E-state index contributed by atoms with van der Waals surface area (Å²) in [6.45, 7) is 0.270. The number of hydrogen-bond acceptors (Lipinski definition) is 4. The van der Waals surface area contributed by atoms with Crippen LogP contribution in [0.5, 0.6) is 0 Å². The van der Waals surface area contributed by atoms with E-state index >= 15 is 0 Å². The van der Waals surface area contributed by atoms with E-state index in [-0.39, 0.29) is 12.5 Å². The molecule has 0 radical (unpaired) electrons. The lowest BCUT2D eigenvalue weighted by Crippen LogP contribution is -2.25. The van der Waals surface area contributed by atoms with Crippen LogP contribution in [0.25, 0.3) is 11.3 Å². The number of hydrogen-bond donors (Lipinski definition) is 1. The summed E-state index contributed by atoms with van der Waals surface area (Å²) in [5.74, 6) is 2.63. The highest BCUT2D eigenvalue weighted by Gasteiger charge is 2.07. The van der Waals surface area contributed by atoms with Crippen molar-refractivity contribution in [3.63, 3.8) is 0 Å². The molecule has 0 aliphatic rings. The van der Waals surface area contributed by atoms with E-state index in [1.807, 2.05) is 35.7 Å². The van der Waals surface area contributed by atoms with Crippen LogP contribution < -0.4 is 5.32 Å². The molecule has 1 aromatic carbocycles. The summed E-state index contributed by atoms with van der Waals surface area (Å²) < 4.78 is 0.884. The Morgan fingerprint density at radius 1 is 1.42 bits per heavy atom. The van der Waals surface area contributed by atoms with E-state index in [0.717, 1.165) is 15.6 Å². The van der Waals surface area contributed by atoms with E-state index < -0.39 is 0 Å². The van der Waals surface area contributed by atoms with E-state index in [1.54, 1.807) is 11.3 Å². The van der Waals surface area contributed by atoms with Crippen LogP contribution in [0.15, 0.2) is 40.1 Å². The number of terminal acetylenes is 1. The summed E-state index contributed by atoms with van der Waals surface area (Å²) in [7, 11) is 0. The molecular formula is C14H12N2OS2. The van der Waals surface area contributed by atoms with Crippen molar-refractivity contribution in [2.24, 2.45) is 0 Å². The maximum atomic E-state index is 11.4. The summed E-state index contributed by atoms with van der Waals surface area (Å²) in [5.41, 5.74) is 2.03. The smallest absolute Gasteiger partial charge is 0.231 e. The molecule has 0 unspecified atom stereocenters. The molecule has 1 N–H and O–H groups in total. The van der Waals surface area contributed by atoms with Crippen LogP contribution >= 0.6 is 23.1 Å². The number of thiazole rings is 1. The van der Waals surface area contributed by atoms with E-state index in [0.29, 0.717) is 5.75 Å². The molecule has 0 saturated carbocycles. The second-order valence-corrected chi connectivity index (χ2v) is 5.71. The largest absolute Gasteiger partial charge is 0.344 e. The molecule has 1 aromatic heterocycles. The lowest BCUT2D eigenvalue weighted by molar-refractivity contribution is -0.118. The highest BCUT2D eigenvalue weighted by molar-refractivity contribution is 8.01. The van der Waals surface area contributed by atoms with Gasteiger partial charge < -0.3 is 5.32 Å². The maximum absolute atomic E-state index is 11.4. The lowest BCUT2D eigenvalue weighted by atomic mass is 10.2. The molecule has 19 heavy (non-hydrogen) atoms. The Balaban J connectivity index is 1.92. The first-order valence-corrected chi connectivity index (χ1v) is 7.50. The molecule has 96 valence electrons. The molecule has 5 heteroatoms. The topological polar surface area (TPSA) is 42.0 Å². The average Bonchev–Trinajstić information content (AvgIpc) is 2.93. The Labute approximate surface area is 120 Å². The number of aromatic nitrogens is 1. The summed E-state index contributed by atoms with van der Waals surface area (Å²) >= 11 is 2.96. The number of carbonyl (C=O) groups is 1. The fourth-order valence-corrected chi connectivity index (χ4v) is 3.06. The molecular weight excluding hydrogens is 276 g/mol. The van der Waals surface area contributed by atoms with Gasteiger partial charge in [-0.05, 0) is 0 Å². The molecule has 0 saturated heterocycles. The lowest BCUT2D eigenvalue weighted by Gasteiger charge is -1.98. The zero-order chi connectivity index (χ0) is 13.5. The van der Waals surface area contributed by atoms with Crippen molar-refractivity contribution >= 4 is 29.0 Å². The van der Waals surface area contributed by atoms with Crippen molar-refractivity contribution in [1.29, 1.82) is 0 Å². The summed E-state index contributed by atoms with van der Waals surface area (Å²) in [6.07, 6.45) is 5.07. The fourth-order valence-electron chi connectivity index (χ4n) is 1.39. The van der Waals surface area contributed by atoms with Crippen molar-refractivity contribution < 1.29 is 4.79 Å². The highest BCUT2D eigenvalue weighted by Crippen LogP contribution is 2.27. The van der Waals surface area contributed by atoms with Crippen LogP contribution in [0.1, 0.15) is 0 Å². The molecule has 2 aromatic rings. The van der Waals surface area contributed by atoms with Crippen molar-refractivity contribution in [1.82, 2.24) is 10.3 Å². The highest BCUT2D eigenvalue weighted by atomic mass is 32.2. The minimum atomic E-state index is -0.0700. The van der Waals surface area contributed by atoms with E-state index in [9.17, 15) is 4.79 Å². The van der Waals surface area contributed by atoms with Crippen LogP contribution in [0.3, 0.4) is 0 Å². The van der Waals surface area contributed by atoms with Gasteiger partial charge in [-0.25, -0.2) is 4.98 Å². The molecule has 0 aliphatic carbocycles. The molecule has 2 rings (SSSR count). The zero-order valence-electron chi connectivity index (χ0n) is 10.1. The first-order chi connectivity index (χ1) is 9.29. The van der Waals surface area contributed by atoms with Crippen LogP contribution in [0, 0.1) is 12.3 Å². The number of rotatable bonds is 5. The fraction of sp³-hybridized carbons (Fsp3) is 0.143. The standard InChI is InChI=1S/C14H12N2OS2/c1-2-8-15-13(17)10-19-14-16-12(9-18-14)11-6-4-3-5-7-11/h1,3-7,9H,8,10H2,(H,15,17). The van der Waals surface area contributed by atoms with Gasteiger partial charge in [0.1, 0.15) is 0 Å². The van der Waals surface area contributed by atoms with Gasteiger partial charge in [-0.2, -0.15) is 0 Å². The molecule has 0 atom stereocenters. The van der Waals surface area contributed by atoms with Crippen LogP contribution in [-0.4, -0.2) is 23.2 Å². The third-order valence-corrected chi connectivity index (χ3v) is 4.29. The molecule has 3 nitrogen and oxygen atoms in total. The number of amides is 1. The van der Waals surface area contributed by atoms with Crippen LogP contribution in [0.4, 0.5) is 0 Å². The molecule has 0 aliphatic heterocycles. The predicted octanol–water partition coefficient (Wildman–Crippen LogP) is 2.65. The van der Waals surface area contributed by atoms with Crippen molar-refractivity contribution in [2.45, 2.75) is 4.34 Å². The number of thioether (sulfide) groups is 1. The van der Waals surface area contributed by atoms with Crippen molar-refractivity contribution in [3.8, 4) is 23.6 Å². The Morgan fingerprint density at radius 2 is 2.21 bits per heavy atom. The van der Waals surface area contributed by atoms with Gasteiger partial charge in [0.25, 0.3) is 0 Å². The summed E-state index contributed by atoms with van der Waals surface area (Å²) in [6, 6.07) is 9.97. The SMILES string of the molecule is C#CCNC(=O)CSc1nc(-c2ccccc2)cs1. The van der Waals surface area contributed by atoms with E-state index in [1.165, 1.54) is 11.8 Å². The quantitative estimate of drug-likeness (QED) is 0.679. The maximum Gasteiger partial charge on any atom is 0.231 e. The van der Waals surface area contributed by atoms with Gasteiger partial charge in [0.2, 0.25) is 5.91 Å². The molecule has 0 fully saturated rings. The van der Waals surface area contributed by atoms with Gasteiger partial charge in [0.05, 0.1) is 18.0 Å². The van der Waals surface area contributed by atoms with Gasteiger partial charge in [-0.15, -0.1) is 17.8 Å². The molecule has 1 amide bonds. The molecule has 0 spiro atoms. The van der Waals surface area contributed by atoms with Gasteiger partial charge in [-0.1, -0.05) is 48.0 Å². The third kappa shape index (κ3) is 4.12. The Kier molecular flexibility index (Phi) is 5.01. The van der Waals surface area contributed by atoms with Gasteiger partial charge in [0.15, 0.2) is 4.34 Å². The Bertz CT molecular complexity index is 587.